The lowest BCUT2D eigenvalue weighted by molar-refractivity contribution is -0.133. The van der Waals surface area contributed by atoms with E-state index >= 15 is 0 Å². The maximum absolute atomic E-state index is 13.3. The molecule has 2 amide bonds. The first-order valence-electron chi connectivity index (χ1n) is 15.2. The maximum atomic E-state index is 13.3. The predicted octanol–water partition coefficient (Wildman–Crippen LogP) is 7.68. The molecule has 1 fully saturated rings. The Labute approximate surface area is 293 Å². The van der Waals surface area contributed by atoms with E-state index < -0.39 is 38.5 Å². The van der Waals surface area contributed by atoms with Gasteiger partial charge in [-0.05, 0) is 78.9 Å². The second-order valence-corrected chi connectivity index (χ2v) is 15.1. The van der Waals surface area contributed by atoms with Crippen molar-refractivity contribution in [1.29, 1.82) is 0 Å². The number of halogens is 4. The van der Waals surface area contributed by atoms with E-state index in [9.17, 15) is 26.8 Å². The number of piperidine rings is 1. The summed E-state index contributed by atoms with van der Waals surface area (Å²) in [7, 11) is -2.87. The van der Waals surface area contributed by atoms with Crippen LogP contribution < -0.4 is 0 Å². The van der Waals surface area contributed by atoms with Gasteiger partial charge in [-0.25, -0.2) is 13.0 Å². The summed E-state index contributed by atoms with van der Waals surface area (Å²) in [6.45, 7) is 1.79. The summed E-state index contributed by atoms with van der Waals surface area (Å²) in [5.74, 6) is -1.35. The number of benzene rings is 4. The number of likely N-dealkylation sites (tertiary alicyclic amines) is 1. The number of carbonyl (C=O) groups excluding carboxylic acids is 2. The van der Waals surface area contributed by atoms with E-state index in [1.54, 1.807) is 64.4 Å². The van der Waals surface area contributed by atoms with Gasteiger partial charge in [-0.15, -0.1) is 0 Å². The summed E-state index contributed by atoms with van der Waals surface area (Å²) < 4.78 is 51.8. The Kier molecular flexibility index (Phi) is 12.3. The van der Waals surface area contributed by atoms with Crippen LogP contribution in [0.1, 0.15) is 30.4 Å². The first kappa shape index (κ1) is 35.6. The molecule has 2 heterocycles. The van der Waals surface area contributed by atoms with Gasteiger partial charge in [-0.1, -0.05) is 77.8 Å². The summed E-state index contributed by atoms with van der Waals surface area (Å²) in [6.07, 6.45) is 3.78. The van der Waals surface area contributed by atoms with E-state index in [0.717, 1.165) is 17.5 Å². The zero-order valence-corrected chi connectivity index (χ0v) is 28.8. The van der Waals surface area contributed by atoms with E-state index in [0.29, 0.717) is 53.7 Å². The molecule has 0 radical (unpaired) electrons. The highest BCUT2D eigenvalue weighted by Crippen LogP contribution is 2.26. The minimum atomic E-state index is -1.50. The van der Waals surface area contributed by atoms with Crippen molar-refractivity contribution in [3.63, 3.8) is 0 Å². The topological polar surface area (TPSA) is 74.8 Å². The van der Waals surface area contributed by atoms with Crippen LogP contribution in [0.5, 0.6) is 0 Å². The van der Waals surface area contributed by atoms with Crippen LogP contribution in [0.3, 0.4) is 0 Å². The molecule has 4 aromatic carbocycles. The average molecular weight is 730 g/mol. The highest BCUT2D eigenvalue weighted by atomic mass is 35.5. The molecule has 0 spiro atoms. The van der Waals surface area contributed by atoms with Crippen LogP contribution >= 0.6 is 23.2 Å². The van der Waals surface area contributed by atoms with E-state index in [1.807, 2.05) is 24.3 Å². The van der Waals surface area contributed by atoms with Gasteiger partial charge in [0, 0.05) is 36.0 Å². The summed E-state index contributed by atoms with van der Waals surface area (Å²) in [6, 6.07) is 26.8. The number of nitrogens with zero attached hydrogens (tertiary/aromatic N) is 2. The molecule has 48 heavy (non-hydrogen) atoms. The van der Waals surface area contributed by atoms with Crippen molar-refractivity contribution < 1.29 is 26.8 Å². The summed E-state index contributed by atoms with van der Waals surface area (Å²) >= 11 is 11.6. The van der Waals surface area contributed by atoms with Crippen molar-refractivity contribution in [2.45, 2.75) is 47.4 Å². The summed E-state index contributed by atoms with van der Waals surface area (Å²) in [5.41, 5.74) is 1.50. The molecule has 4 aromatic rings. The molecule has 6 rings (SSSR count). The Hall–Kier alpha value is -3.70. The van der Waals surface area contributed by atoms with Crippen molar-refractivity contribution in [3.8, 4) is 0 Å². The van der Waals surface area contributed by atoms with Crippen molar-refractivity contribution in [2.24, 2.45) is 0 Å². The molecular formula is C36H32Cl2F2N2O4S2. The zero-order chi connectivity index (χ0) is 34.2. The molecule has 3 atom stereocenters. The minimum absolute atomic E-state index is 0.0283. The Morgan fingerprint density at radius 2 is 1.25 bits per heavy atom. The highest BCUT2D eigenvalue weighted by Gasteiger charge is 2.34. The number of amides is 2. The maximum Gasteiger partial charge on any atom is 0.263 e. The third kappa shape index (κ3) is 8.85. The zero-order valence-electron chi connectivity index (χ0n) is 25.7. The average Bonchev–Trinajstić information content (AvgIpc) is 3.10. The first-order valence-corrected chi connectivity index (χ1v) is 18.3. The lowest BCUT2D eigenvalue weighted by atomic mass is 10.1. The molecule has 250 valence electrons. The fourth-order valence-corrected chi connectivity index (χ4v) is 8.46. The summed E-state index contributed by atoms with van der Waals surface area (Å²) in [5, 5.41) is -0.459. The van der Waals surface area contributed by atoms with Gasteiger partial charge in [-0.3, -0.25) is 13.8 Å². The van der Waals surface area contributed by atoms with Crippen molar-refractivity contribution in [2.75, 3.05) is 13.1 Å². The SMILES string of the molecule is O=C1C(S(=O)c2ccccc2)=CCCN1Cc1ccc(F)c(Cl)c1.O=C1C(S(=O)c2ccccc2)CCCN1Cc1ccc(F)c(Cl)c1. The van der Waals surface area contributed by atoms with Crippen LogP contribution in [0.2, 0.25) is 10.0 Å². The van der Waals surface area contributed by atoms with Crippen LogP contribution in [0.15, 0.2) is 118 Å². The molecular weight excluding hydrogens is 697 g/mol. The fourth-order valence-electron chi connectivity index (χ4n) is 5.37. The molecule has 0 saturated carbocycles. The van der Waals surface area contributed by atoms with Gasteiger partial charge in [0.2, 0.25) is 5.91 Å². The molecule has 2 aliphatic heterocycles. The molecule has 0 N–H and O–H groups in total. The molecule has 12 heteroatoms. The quantitative estimate of drug-likeness (QED) is 0.187. The molecule has 0 aromatic heterocycles. The van der Waals surface area contributed by atoms with Crippen LogP contribution in [0, 0.1) is 11.6 Å². The lowest BCUT2D eigenvalue weighted by Crippen LogP contribution is -2.45. The van der Waals surface area contributed by atoms with Crippen LogP contribution in [0.25, 0.3) is 0 Å². The van der Waals surface area contributed by atoms with Crippen molar-refractivity contribution in [3.05, 3.63) is 141 Å². The fraction of sp³-hybridized carbons (Fsp3) is 0.222. The van der Waals surface area contributed by atoms with E-state index in [4.69, 9.17) is 23.2 Å². The molecule has 2 aliphatic rings. The van der Waals surface area contributed by atoms with Crippen LogP contribution in [-0.4, -0.2) is 48.4 Å². The number of hydrogen-bond donors (Lipinski definition) is 0. The number of rotatable bonds is 8. The molecule has 1 saturated heterocycles. The Morgan fingerprint density at radius 3 is 1.81 bits per heavy atom. The molecule has 6 nitrogen and oxygen atoms in total. The third-order valence-corrected chi connectivity index (χ3v) is 11.5. The van der Waals surface area contributed by atoms with Crippen molar-refractivity contribution in [1.82, 2.24) is 9.80 Å². The Bertz CT molecular complexity index is 1860. The minimum Gasteiger partial charge on any atom is -0.337 e. The molecule has 0 bridgehead atoms. The van der Waals surface area contributed by atoms with Crippen molar-refractivity contribution >= 4 is 56.6 Å². The van der Waals surface area contributed by atoms with Gasteiger partial charge in [0.25, 0.3) is 5.91 Å². The largest absolute Gasteiger partial charge is 0.337 e. The van der Waals surface area contributed by atoms with E-state index in [2.05, 4.69) is 0 Å². The Morgan fingerprint density at radius 1 is 0.708 bits per heavy atom. The second kappa shape index (κ2) is 16.6. The first-order chi connectivity index (χ1) is 23.1. The van der Waals surface area contributed by atoms with Gasteiger partial charge < -0.3 is 9.80 Å². The van der Waals surface area contributed by atoms with Gasteiger partial charge >= 0.3 is 0 Å². The standard InChI is InChI=1S/C18H17ClFNO2S.C18H15ClFNO2S/c2*19-15-11-13(8-9-16(15)20)12-21-10-4-7-17(18(21)22)24(23)14-5-2-1-3-6-14/h1-3,5-6,8-9,11,17H,4,7,10,12H2;1-3,5-9,11H,4,10,12H2. The third-order valence-electron chi connectivity index (χ3n) is 7.81. The predicted molar refractivity (Wildman–Crippen MR) is 185 cm³/mol. The van der Waals surface area contributed by atoms with Gasteiger partial charge in [-0.2, -0.15) is 0 Å². The van der Waals surface area contributed by atoms with E-state index in [-0.39, 0.29) is 21.9 Å². The van der Waals surface area contributed by atoms with Gasteiger partial charge in [0.15, 0.2) is 0 Å². The number of hydrogen-bond acceptors (Lipinski definition) is 4. The lowest BCUT2D eigenvalue weighted by Gasteiger charge is -2.32. The number of carbonyl (C=O) groups is 2. The van der Waals surface area contributed by atoms with E-state index in [1.165, 1.54) is 24.3 Å². The van der Waals surface area contributed by atoms with Gasteiger partial charge in [0.05, 0.1) is 31.6 Å². The van der Waals surface area contributed by atoms with Crippen LogP contribution in [-0.2, 0) is 44.3 Å². The summed E-state index contributed by atoms with van der Waals surface area (Å²) in [4.78, 5) is 30.2. The molecule has 3 unspecified atom stereocenters. The normalized spacial score (nSPS) is 17.7. The molecule has 0 aliphatic carbocycles. The monoisotopic (exact) mass is 728 g/mol. The van der Waals surface area contributed by atoms with Gasteiger partial charge in [0.1, 0.15) is 21.8 Å². The highest BCUT2D eigenvalue weighted by molar-refractivity contribution is 7.90. The smallest absolute Gasteiger partial charge is 0.263 e. The Balaban J connectivity index is 0.000000188. The van der Waals surface area contributed by atoms with Crippen LogP contribution in [0.4, 0.5) is 8.78 Å². The second-order valence-electron chi connectivity index (χ2n) is 11.2.